The Bertz CT molecular complexity index is 493. The number of rotatable bonds is 3. The maximum Gasteiger partial charge on any atom is 0.573 e. The predicted octanol–water partition coefficient (Wildman–Crippen LogP) is 0.980. The molecule has 0 amide bonds. The summed E-state index contributed by atoms with van der Waals surface area (Å²) in [4.78, 5) is 24.0. The van der Waals surface area contributed by atoms with E-state index in [0.717, 1.165) is 7.11 Å². The Labute approximate surface area is 91.6 Å². The van der Waals surface area contributed by atoms with Crippen LogP contribution in [0.5, 0.6) is 11.5 Å². The monoisotopic (exact) mass is 253 g/mol. The van der Waals surface area contributed by atoms with Crippen molar-refractivity contribution in [3.63, 3.8) is 0 Å². The molecule has 2 N–H and O–H groups in total. The van der Waals surface area contributed by atoms with Crippen molar-refractivity contribution in [2.45, 2.75) is 6.36 Å². The number of aromatic amines is 1. The highest BCUT2D eigenvalue weighted by Crippen LogP contribution is 2.22. The van der Waals surface area contributed by atoms with Crippen molar-refractivity contribution >= 4 is 5.97 Å². The summed E-state index contributed by atoms with van der Waals surface area (Å²) in [5, 5.41) is 8.63. The van der Waals surface area contributed by atoms with Crippen LogP contribution in [0.2, 0.25) is 0 Å². The highest BCUT2D eigenvalue weighted by molar-refractivity contribution is 5.88. The molecule has 0 unspecified atom stereocenters. The molecule has 0 radical (unpaired) electrons. The first kappa shape index (κ1) is 12.9. The summed E-state index contributed by atoms with van der Waals surface area (Å²) >= 11 is 0. The number of alkyl halides is 3. The van der Waals surface area contributed by atoms with E-state index in [2.05, 4.69) is 9.47 Å². The van der Waals surface area contributed by atoms with E-state index < -0.39 is 35.0 Å². The Kier molecular flexibility index (Phi) is 3.30. The van der Waals surface area contributed by atoms with Crippen LogP contribution in [0, 0.1) is 0 Å². The summed E-state index contributed by atoms with van der Waals surface area (Å²) < 4.78 is 43.5. The number of aromatic nitrogens is 1. The predicted molar refractivity (Wildman–Crippen MR) is 47.3 cm³/mol. The van der Waals surface area contributed by atoms with Crippen molar-refractivity contribution < 1.29 is 32.5 Å². The molecular formula is C8H6F3NO5. The molecule has 1 rings (SSSR count). The molecule has 0 aromatic carbocycles. The van der Waals surface area contributed by atoms with Gasteiger partial charge in [-0.15, -0.1) is 13.2 Å². The van der Waals surface area contributed by atoms with E-state index in [1.165, 1.54) is 0 Å². The Morgan fingerprint density at radius 1 is 1.47 bits per heavy atom. The molecule has 17 heavy (non-hydrogen) atoms. The molecule has 6 nitrogen and oxygen atoms in total. The quantitative estimate of drug-likeness (QED) is 0.838. The molecule has 1 aromatic rings. The fourth-order valence-corrected chi connectivity index (χ4v) is 1.05. The lowest BCUT2D eigenvalue weighted by Gasteiger charge is -2.10. The fourth-order valence-electron chi connectivity index (χ4n) is 1.05. The molecule has 9 heteroatoms. The minimum Gasteiger partial charge on any atom is -0.490 e. The number of methoxy groups -OCH3 is 1. The van der Waals surface area contributed by atoms with Gasteiger partial charge in [-0.2, -0.15) is 0 Å². The highest BCUT2D eigenvalue weighted by atomic mass is 19.4. The van der Waals surface area contributed by atoms with Gasteiger partial charge < -0.3 is 19.6 Å². The Morgan fingerprint density at radius 2 is 2.06 bits per heavy atom. The van der Waals surface area contributed by atoms with Crippen LogP contribution in [0.4, 0.5) is 13.2 Å². The summed E-state index contributed by atoms with van der Waals surface area (Å²) in [7, 11) is 0.953. The van der Waals surface area contributed by atoms with E-state index in [-0.39, 0.29) is 0 Å². The van der Waals surface area contributed by atoms with Crippen molar-refractivity contribution in [1.82, 2.24) is 4.98 Å². The number of nitrogens with one attached hydrogen (secondary N) is 1. The number of ether oxygens (including phenoxy) is 2. The molecule has 0 saturated heterocycles. The van der Waals surface area contributed by atoms with Gasteiger partial charge in [-0.1, -0.05) is 0 Å². The third-order valence-electron chi connectivity index (χ3n) is 1.65. The maximum absolute atomic E-state index is 11.9. The molecule has 0 aliphatic rings. The maximum atomic E-state index is 11.9. The van der Waals surface area contributed by atoms with E-state index >= 15 is 0 Å². The van der Waals surface area contributed by atoms with Crippen molar-refractivity contribution in [3.05, 3.63) is 22.1 Å². The van der Waals surface area contributed by atoms with E-state index in [0.29, 0.717) is 6.20 Å². The number of halogens is 3. The second-order valence-electron chi connectivity index (χ2n) is 2.74. The minimum atomic E-state index is -5.05. The van der Waals surface area contributed by atoms with Crippen LogP contribution in [0.15, 0.2) is 11.0 Å². The fraction of sp³-hybridized carbons (Fsp3) is 0.250. The number of pyridine rings is 1. The van der Waals surface area contributed by atoms with Crippen molar-refractivity contribution in [2.75, 3.05) is 7.11 Å². The lowest BCUT2D eigenvalue weighted by molar-refractivity contribution is -0.275. The standard InChI is InChI=1S/C8H6F3NO5/c1-16-6-4(7(14)15)12-2-3(5(6)13)17-8(9,10)11/h2H,1H3,(H,12,13)(H,14,15). The molecule has 1 aromatic heterocycles. The molecule has 0 aliphatic heterocycles. The first-order valence-electron chi connectivity index (χ1n) is 4.05. The first-order valence-corrected chi connectivity index (χ1v) is 4.05. The van der Waals surface area contributed by atoms with Gasteiger partial charge in [-0.3, -0.25) is 4.79 Å². The molecule has 0 spiro atoms. The molecule has 0 aliphatic carbocycles. The summed E-state index contributed by atoms with van der Waals surface area (Å²) in [6.45, 7) is 0. The van der Waals surface area contributed by atoms with Gasteiger partial charge in [0.1, 0.15) is 0 Å². The van der Waals surface area contributed by atoms with E-state index in [4.69, 9.17) is 5.11 Å². The van der Waals surface area contributed by atoms with Crippen LogP contribution in [0.25, 0.3) is 0 Å². The topological polar surface area (TPSA) is 88.6 Å². The van der Waals surface area contributed by atoms with E-state index in [1.807, 2.05) is 4.98 Å². The number of carboxylic acids is 1. The number of carbonyl (C=O) groups is 1. The van der Waals surface area contributed by atoms with Crippen molar-refractivity contribution in [1.29, 1.82) is 0 Å². The Morgan fingerprint density at radius 3 is 2.47 bits per heavy atom. The number of carboxylic acid groups (broad SMARTS) is 1. The zero-order valence-electron chi connectivity index (χ0n) is 8.29. The first-order chi connectivity index (χ1) is 7.76. The smallest absolute Gasteiger partial charge is 0.490 e. The largest absolute Gasteiger partial charge is 0.573 e. The summed E-state index contributed by atoms with van der Waals surface area (Å²) in [6.07, 6.45) is -4.55. The minimum absolute atomic E-state index is 0.502. The third kappa shape index (κ3) is 2.89. The zero-order chi connectivity index (χ0) is 13.2. The summed E-state index contributed by atoms with van der Waals surface area (Å²) in [6, 6.07) is 0. The molecule has 0 bridgehead atoms. The van der Waals surface area contributed by atoms with Gasteiger partial charge in [-0.25, -0.2) is 4.79 Å². The van der Waals surface area contributed by atoms with Gasteiger partial charge in [0.15, 0.2) is 11.4 Å². The molecule has 0 fully saturated rings. The van der Waals surface area contributed by atoms with Gasteiger partial charge in [0, 0.05) is 6.20 Å². The Hall–Kier alpha value is -2.19. The second kappa shape index (κ2) is 4.36. The number of aromatic carboxylic acids is 1. The van der Waals surface area contributed by atoms with Crippen LogP contribution in [0.3, 0.4) is 0 Å². The molecular weight excluding hydrogens is 247 g/mol. The summed E-state index contributed by atoms with van der Waals surface area (Å²) in [5.74, 6) is -3.41. The lowest BCUT2D eigenvalue weighted by atomic mass is 10.3. The molecule has 0 atom stereocenters. The van der Waals surface area contributed by atoms with Gasteiger partial charge in [0.25, 0.3) is 5.43 Å². The second-order valence-corrected chi connectivity index (χ2v) is 2.74. The highest BCUT2D eigenvalue weighted by Gasteiger charge is 2.33. The van der Waals surface area contributed by atoms with E-state index in [1.54, 1.807) is 0 Å². The summed E-state index contributed by atoms with van der Waals surface area (Å²) in [5.41, 5.74) is -1.96. The van der Waals surface area contributed by atoms with Crippen molar-refractivity contribution in [3.8, 4) is 11.5 Å². The molecule has 1 heterocycles. The van der Waals surface area contributed by atoms with Crippen LogP contribution in [-0.2, 0) is 0 Å². The van der Waals surface area contributed by atoms with Gasteiger partial charge >= 0.3 is 12.3 Å². The van der Waals surface area contributed by atoms with Crippen molar-refractivity contribution in [2.24, 2.45) is 0 Å². The van der Waals surface area contributed by atoms with Gasteiger partial charge in [0.2, 0.25) is 5.75 Å². The third-order valence-corrected chi connectivity index (χ3v) is 1.65. The molecule has 0 saturated carbocycles. The van der Waals surface area contributed by atoms with E-state index in [9.17, 15) is 22.8 Å². The average molecular weight is 253 g/mol. The van der Waals surface area contributed by atoms with Crippen LogP contribution < -0.4 is 14.9 Å². The number of hydrogen-bond donors (Lipinski definition) is 2. The SMILES string of the molecule is COc1c(C(=O)O)[nH]cc(OC(F)(F)F)c1=O. The average Bonchev–Trinajstić information content (AvgIpc) is 2.18. The van der Waals surface area contributed by atoms with Crippen LogP contribution >= 0.6 is 0 Å². The lowest BCUT2D eigenvalue weighted by Crippen LogP contribution is -2.23. The van der Waals surface area contributed by atoms with Gasteiger partial charge in [0.05, 0.1) is 7.11 Å². The van der Waals surface area contributed by atoms with Gasteiger partial charge in [-0.05, 0) is 0 Å². The zero-order valence-corrected chi connectivity index (χ0v) is 8.29. The molecule has 94 valence electrons. The number of H-pyrrole nitrogens is 1. The normalized spacial score (nSPS) is 11.1. The van der Waals surface area contributed by atoms with Crippen LogP contribution in [0.1, 0.15) is 10.5 Å². The number of hydrogen-bond acceptors (Lipinski definition) is 4. The Balaban J connectivity index is 3.31. The van der Waals surface area contributed by atoms with Crippen LogP contribution in [-0.4, -0.2) is 29.5 Å².